The fraction of sp³-hybridized carbons (Fsp3) is 0.545. The number of aromatic amines is 1. The molecule has 30 heavy (non-hydrogen) atoms. The third kappa shape index (κ3) is 3.96. The summed E-state index contributed by atoms with van der Waals surface area (Å²) in [6.45, 7) is 8.04. The number of nitrogens with zero attached hydrogens (tertiary/aromatic N) is 5. The Morgan fingerprint density at radius 1 is 1.10 bits per heavy atom. The summed E-state index contributed by atoms with van der Waals surface area (Å²) in [6, 6.07) is 7.33. The van der Waals surface area contributed by atoms with Gasteiger partial charge in [-0.3, -0.25) is 9.69 Å². The molecule has 4 rings (SSSR count). The van der Waals surface area contributed by atoms with Crippen molar-refractivity contribution in [2.45, 2.75) is 58.0 Å². The smallest absolute Gasteiger partial charge is 0.253 e. The van der Waals surface area contributed by atoms with Crippen LogP contribution in [0.25, 0.3) is 10.9 Å². The zero-order valence-electron chi connectivity index (χ0n) is 18.2. The van der Waals surface area contributed by atoms with Crippen LogP contribution in [0.4, 0.5) is 0 Å². The monoisotopic (exact) mass is 410 g/mol. The molecule has 1 saturated heterocycles. The van der Waals surface area contributed by atoms with E-state index in [0.717, 1.165) is 42.6 Å². The molecule has 0 aliphatic carbocycles. The van der Waals surface area contributed by atoms with Gasteiger partial charge in [0.05, 0.1) is 12.6 Å². The topological polar surface area (TPSA) is 88.9 Å². The fourth-order valence-corrected chi connectivity index (χ4v) is 4.23. The number of benzene rings is 1. The Bertz CT molecular complexity index is 1070. The molecular weight excluding hydrogens is 380 g/mol. The van der Waals surface area contributed by atoms with Crippen LogP contribution in [0.15, 0.2) is 29.1 Å². The van der Waals surface area contributed by atoms with Crippen molar-refractivity contribution in [3.8, 4) is 5.75 Å². The molecule has 3 heterocycles. The Morgan fingerprint density at radius 3 is 2.50 bits per heavy atom. The molecule has 2 aromatic heterocycles. The summed E-state index contributed by atoms with van der Waals surface area (Å²) in [6.07, 6.45) is 4.62. The van der Waals surface area contributed by atoms with Gasteiger partial charge >= 0.3 is 0 Å². The summed E-state index contributed by atoms with van der Waals surface area (Å²) in [4.78, 5) is 18.6. The molecule has 8 nitrogen and oxygen atoms in total. The summed E-state index contributed by atoms with van der Waals surface area (Å²) < 4.78 is 7.23. The predicted molar refractivity (Wildman–Crippen MR) is 116 cm³/mol. The number of tetrazole rings is 1. The minimum Gasteiger partial charge on any atom is -0.497 e. The van der Waals surface area contributed by atoms with Crippen molar-refractivity contribution in [3.05, 3.63) is 46.0 Å². The summed E-state index contributed by atoms with van der Waals surface area (Å²) in [7, 11) is 1.64. The van der Waals surface area contributed by atoms with E-state index in [1.807, 2.05) is 28.9 Å². The first-order valence-electron chi connectivity index (χ1n) is 10.6. The van der Waals surface area contributed by atoms with Crippen molar-refractivity contribution >= 4 is 10.9 Å². The van der Waals surface area contributed by atoms with Gasteiger partial charge in [-0.25, -0.2) is 4.68 Å². The van der Waals surface area contributed by atoms with E-state index in [0.29, 0.717) is 11.4 Å². The molecule has 8 heteroatoms. The van der Waals surface area contributed by atoms with Crippen LogP contribution in [0.1, 0.15) is 63.9 Å². The number of hydrogen-bond donors (Lipinski definition) is 1. The first-order chi connectivity index (χ1) is 14.4. The van der Waals surface area contributed by atoms with Gasteiger partial charge in [0.15, 0.2) is 5.82 Å². The summed E-state index contributed by atoms with van der Waals surface area (Å²) in [5.41, 5.74) is 1.05. The maximum Gasteiger partial charge on any atom is 0.253 e. The molecule has 0 radical (unpaired) electrons. The second-order valence-corrected chi connectivity index (χ2v) is 8.98. The van der Waals surface area contributed by atoms with E-state index in [-0.39, 0.29) is 17.1 Å². The first kappa shape index (κ1) is 20.5. The standard InChI is InChI=1S/C22H30N6O2/c1-22(2,3)28-20(24-25-26-28)19(27-11-7-5-6-8-12-27)17-14-15-13-16(30-4)9-10-18(15)23-21(17)29/h9-10,13-14,19H,5-8,11-12H2,1-4H3,(H,23,29)/t19-/m1/s1. The van der Waals surface area contributed by atoms with Gasteiger partial charge in [-0.2, -0.15) is 0 Å². The predicted octanol–water partition coefficient (Wildman–Crippen LogP) is 3.24. The molecular formula is C22H30N6O2. The highest BCUT2D eigenvalue weighted by atomic mass is 16.5. The van der Waals surface area contributed by atoms with Crippen molar-refractivity contribution in [1.29, 1.82) is 0 Å². The van der Waals surface area contributed by atoms with Gasteiger partial charge in [0.1, 0.15) is 11.8 Å². The minimum atomic E-state index is -0.309. The van der Waals surface area contributed by atoms with E-state index in [9.17, 15) is 4.79 Å². The number of hydrogen-bond acceptors (Lipinski definition) is 6. The Morgan fingerprint density at radius 2 is 1.83 bits per heavy atom. The van der Waals surface area contributed by atoms with E-state index in [1.54, 1.807) is 7.11 Å². The number of nitrogens with one attached hydrogen (secondary N) is 1. The van der Waals surface area contributed by atoms with Gasteiger partial charge < -0.3 is 9.72 Å². The van der Waals surface area contributed by atoms with E-state index in [1.165, 1.54) is 12.8 Å². The normalized spacial score (nSPS) is 17.1. The van der Waals surface area contributed by atoms with Gasteiger partial charge in [-0.15, -0.1) is 5.10 Å². The van der Waals surface area contributed by atoms with Crippen molar-refractivity contribution < 1.29 is 4.74 Å². The number of likely N-dealkylation sites (tertiary alicyclic amines) is 1. The van der Waals surface area contributed by atoms with E-state index in [4.69, 9.17) is 4.74 Å². The van der Waals surface area contributed by atoms with Crippen molar-refractivity contribution in [3.63, 3.8) is 0 Å². The molecule has 1 aromatic carbocycles. The number of fused-ring (bicyclic) bond motifs is 1. The summed E-state index contributed by atoms with van der Waals surface area (Å²) in [5.74, 6) is 1.46. The molecule has 0 unspecified atom stereocenters. The Kier molecular flexibility index (Phi) is 5.60. The average molecular weight is 411 g/mol. The Labute approximate surface area is 176 Å². The van der Waals surface area contributed by atoms with Gasteiger partial charge in [-0.05, 0) is 81.4 Å². The molecule has 1 aliphatic heterocycles. The number of pyridine rings is 1. The van der Waals surface area contributed by atoms with Crippen LogP contribution in [0, 0.1) is 0 Å². The molecule has 160 valence electrons. The lowest BCUT2D eigenvalue weighted by Gasteiger charge is -2.31. The lowest BCUT2D eigenvalue weighted by atomic mass is 10.0. The average Bonchev–Trinajstić information content (AvgIpc) is 3.05. The van der Waals surface area contributed by atoms with E-state index in [2.05, 4.69) is 46.2 Å². The Balaban J connectivity index is 1.91. The van der Waals surface area contributed by atoms with Crippen molar-refractivity contribution in [2.75, 3.05) is 20.2 Å². The van der Waals surface area contributed by atoms with Crippen LogP contribution in [-0.2, 0) is 5.54 Å². The largest absolute Gasteiger partial charge is 0.497 e. The SMILES string of the molecule is COc1ccc2[nH]c(=O)c([C@H](c3nnnn3C(C)(C)C)N3CCCCCC3)cc2c1. The fourth-order valence-electron chi connectivity index (χ4n) is 4.23. The van der Waals surface area contributed by atoms with E-state index < -0.39 is 0 Å². The van der Waals surface area contributed by atoms with Gasteiger partial charge in [0.25, 0.3) is 5.56 Å². The quantitative estimate of drug-likeness (QED) is 0.710. The molecule has 0 saturated carbocycles. The number of ether oxygens (including phenoxy) is 1. The maximum atomic E-state index is 13.2. The molecule has 1 aliphatic rings. The highest BCUT2D eigenvalue weighted by Gasteiger charge is 2.33. The summed E-state index contributed by atoms with van der Waals surface area (Å²) >= 11 is 0. The lowest BCUT2D eigenvalue weighted by molar-refractivity contribution is 0.208. The van der Waals surface area contributed by atoms with Crippen LogP contribution in [0.5, 0.6) is 5.75 Å². The molecule has 0 bridgehead atoms. The zero-order chi connectivity index (χ0) is 21.3. The lowest BCUT2D eigenvalue weighted by Crippen LogP contribution is -2.38. The molecule has 1 N–H and O–H groups in total. The highest BCUT2D eigenvalue weighted by molar-refractivity contribution is 5.80. The number of H-pyrrole nitrogens is 1. The van der Waals surface area contributed by atoms with Crippen molar-refractivity contribution in [1.82, 2.24) is 30.1 Å². The van der Waals surface area contributed by atoms with Gasteiger partial charge in [-0.1, -0.05) is 12.8 Å². The van der Waals surface area contributed by atoms with Crippen molar-refractivity contribution in [2.24, 2.45) is 0 Å². The van der Waals surface area contributed by atoms with Gasteiger partial charge in [0.2, 0.25) is 0 Å². The third-order valence-electron chi connectivity index (χ3n) is 5.75. The van der Waals surface area contributed by atoms with Crippen LogP contribution >= 0.6 is 0 Å². The molecule has 1 atom stereocenters. The van der Waals surface area contributed by atoms with Crippen LogP contribution in [0.2, 0.25) is 0 Å². The number of aromatic nitrogens is 5. The highest BCUT2D eigenvalue weighted by Crippen LogP contribution is 2.31. The second kappa shape index (κ2) is 8.18. The maximum absolute atomic E-state index is 13.2. The molecule has 1 fully saturated rings. The number of methoxy groups -OCH3 is 1. The first-order valence-corrected chi connectivity index (χ1v) is 10.6. The third-order valence-corrected chi connectivity index (χ3v) is 5.75. The number of rotatable bonds is 4. The van der Waals surface area contributed by atoms with Crippen LogP contribution in [0.3, 0.4) is 0 Å². The van der Waals surface area contributed by atoms with E-state index >= 15 is 0 Å². The van der Waals surface area contributed by atoms with Crippen LogP contribution < -0.4 is 10.3 Å². The molecule has 0 amide bonds. The molecule has 0 spiro atoms. The minimum absolute atomic E-state index is 0.106. The van der Waals surface area contributed by atoms with Gasteiger partial charge in [0, 0.05) is 16.5 Å². The zero-order valence-corrected chi connectivity index (χ0v) is 18.2. The Hall–Kier alpha value is -2.74. The van der Waals surface area contributed by atoms with Crippen LogP contribution in [-0.4, -0.2) is 50.3 Å². The summed E-state index contributed by atoms with van der Waals surface area (Å²) in [5, 5.41) is 13.6. The second-order valence-electron chi connectivity index (χ2n) is 8.98. The molecule has 3 aromatic rings.